The number of hydrogen-bond donors (Lipinski definition) is 0. The third-order valence-corrected chi connectivity index (χ3v) is 4.02. The molecule has 0 N–H and O–H groups in total. The number of hydrogen-bond acceptors (Lipinski definition) is 3. The molecule has 2 aromatic rings. The van der Waals surface area contributed by atoms with Gasteiger partial charge in [0.15, 0.2) is 6.10 Å². The minimum absolute atomic E-state index is 0.0879. The largest absolute Gasteiger partial charge is 0.490 e. The second kappa shape index (κ2) is 6.50. The summed E-state index contributed by atoms with van der Waals surface area (Å²) in [4.78, 5) is 14.5. The van der Waals surface area contributed by atoms with Crippen LogP contribution in [0, 0.1) is 6.92 Å². The Morgan fingerprint density at radius 3 is 2.87 bits per heavy atom. The van der Waals surface area contributed by atoms with Gasteiger partial charge in [0, 0.05) is 5.02 Å². The van der Waals surface area contributed by atoms with Gasteiger partial charge in [0.25, 0.3) is 5.91 Å². The molecule has 1 aliphatic heterocycles. The molecule has 1 atom stereocenters. The van der Waals surface area contributed by atoms with Gasteiger partial charge in [-0.15, -0.1) is 0 Å². The Bertz CT molecular complexity index is 732. The number of ether oxygens (including phenoxy) is 2. The van der Waals surface area contributed by atoms with Gasteiger partial charge in [0.05, 0.1) is 12.2 Å². The molecule has 1 heterocycles. The molecule has 120 valence electrons. The second-order valence-corrected chi connectivity index (χ2v) is 5.91. The Morgan fingerprint density at radius 2 is 2.09 bits per heavy atom. The van der Waals surface area contributed by atoms with Gasteiger partial charge < -0.3 is 14.4 Å². The number of halogens is 1. The Morgan fingerprint density at radius 1 is 1.30 bits per heavy atom. The summed E-state index contributed by atoms with van der Waals surface area (Å²) < 4.78 is 11.4. The van der Waals surface area contributed by atoms with Crippen LogP contribution in [0.4, 0.5) is 5.69 Å². The summed E-state index contributed by atoms with van der Waals surface area (Å²) >= 11 is 5.95. The lowest BCUT2D eigenvalue weighted by Gasteiger charge is -2.31. The highest BCUT2D eigenvalue weighted by Gasteiger charge is 2.28. The lowest BCUT2D eigenvalue weighted by atomic mass is 10.2. The van der Waals surface area contributed by atoms with Crippen LogP contribution in [0.2, 0.25) is 5.02 Å². The van der Waals surface area contributed by atoms with Gasteiger partial charge in [0.2, 0.25) is 0 Å². The topological polar surface area (TPSA) is 38.8 Å². The van der Waals surface area contributed by atoms with Crippen molar-refractivity contribution < 1.29 is 14.3 Å². The third kappa shape index (κ3) is 3.27. The number of fused-ring (bicyclic) bond motifs is 1. The molecule has 1 amide bonds. The lowest BCUT2D eigenvalue weighted by molar-refractivity contribution is -0.124. The minimum Gasteiger partial charge on any atom is -0.490 e. The SMILES string of the molecule is Cc1cc(Cl)ccc1OC(C)C(=O)N1CCOc2ccccc21. The fraction of sp³-hybridized carbons (Fsp3) is 0.278. The smallest absolute Gasteiger partial charge is 0.267 e. The fourth-order valence-corrected chi connectivity index (χ4v) is 2.83. The molecule has 0 saturated carbocycles. The Balaban J connectivity index is 1.78. The fourth-order valence-electron chi connectivity index (χ4n) is 2.60. The normalized spacial score (nSPS) is 14.7. The lowest BCUT2D eigenvalue weighted by Crippen LogP contribution is -2.44. The molecule has 4 nitrogen and oxygen atoms in total. The van der Waals surface area contributed by atoms with Crippen LogP contribution in [0.5, 0.6) is 11.5 Å². The molecule has 0 radical (unpaired) electrons. The van der Waals surface area contributed by atoms with Crippen LogP contribution in [0.25, 0.3) is 0 Å². The number of nitrogens with zero attached hydrogens (tertiary/aromatic N) is 1. The summed E-state index contributed by atoms with van der Waals surface area (Å²) in [6, 6.07) is 12.9. The average Bonchev–Trinajstić information content (AvgIpc) is 2.56. The van der Waals surface area contributed by atoms with E-state index in [0.717, 1.165) is 17.0 Å². The summed E-state index contributed by atoms with van der Waals surface area (Å²) in [6.07, 6.45) is -0.596. The minimum atomic E-state index is -0.596. The molecule has 1 unspecified atom stereocenters. The molecule has 23 heavy (non-hydrogen) atoms. The van der Waals surface area contributed by atoms with Crippen molar-refractivity contribution in [2.75, 3.05) is 18.1 Å². The van der Waals surface area contributed by atoms with E-state index in [4.69, 9.17) is 21.1 Å². The maximum atomic E-state index is 12.8. The van der Waals surface area contributed by atoms with Crippen molar-refractivity contribution in [3.05, 3.63) is 53.1 Å². The molecular weight excluding hydrogens is 314 g/mol. The van der Waals surface area contributed by atoms with Crippen LogP contribution in [0.15, 0.2) is 42.5 Å². The predicted molar refractivity (Wildman–Crippen MR) is 90.6 cm³/mol. The van der Waals surface area contributed by atoms with Crippen molar-refractivity contribution in [3.8, 4) is 11.5 Å². The third-order valence-electron chi connectivity index (χ3n) is 3.78. The maximum Gasteiger partial charge on any atom is 0.267 e. The van der Waals surface area contributed by atoms with E-state index >= 15 is 0 Å². The van der Waals surface area contributed by atoms with E-state index < -0.39 is 6.10 Å². The first-order valence-corrected chi connectivity index (χ1v) is 7.90. The molecule has 0 saturated heterocycles. The number of aryl methyl sites for hydroxylation is 1. The quantitative estimate of drug-likeness (QED) is 0.857. The molecule has 3 rings (SSSR count). The molecule has 0 fully saturated rings. The zero-order valence-corrected chi connectivity index (χ0v) is 13.8. The van der Waals surface area contributed by atoms with Gasteiger partial charge >= 0.3 is 0 Å². The molecule has 0 aromatic heterocycles. The van der Waals surface area contributed by atoms with Crippen LogP contribution in [-0.4, -0.2) is 25.2 Å². The van der Waals surface area contributed by atoms with Crippen molar-refractivity contribution in [2.24, 2.45) is 0 Å². The number of carbonyl (C=O) groups excluding carboxylic acids is 1. The maximum absolute atomic E-state index is 12.8. The van der Waals surface area contributed by atoms with Crippen molar-refractivity contribution in [1.82, 2.24) is 0 Å². The van der Waals surface area contributed by atoms with Gasteiger partial charge in [-0.1, -0.05) is 23.7 Å². The monoisotopic (exact) mass is 331 g/mol. The number of amides is 1. The van der Waals surface area contributed by atoms with Gasteiger partial charge in [-0.05, 0) is 49.7 Å². The van der Waals surface area contributed by atoms with Gasteiger partial charge in [0.1, 0.15) is 18.1 Å². The summed E-state index contributed by atoms with van der Waals surface area (Å²) in [5.74, 6) is 1.30. The van der Waals surface area contributed by atoms with Crippen molar-refractivity contribution in [2.45, 2.75) is 20.0 Å². The second-order valence-electron chi connectivity index (χ2n) is 5.48. The summed E-state index contributed by atoms with van der Waals surface area (Å²) in [7, 11) is 0. The highest BCUT2D eigenvalue weighted by atomic mass is 35.5. The van der Waals surface area contributed by atoms with Gasteiger partial charge in [-0.3, -0.25) is 4.79 Å². The predicted octanol–water partition coefficient (Wildman–Crippen LogP) is 3.84. The number of anilines is 1. The Labute approximate surface area is 140 Å². The van der Waals surface area contributed by atoms with Crippen LogP contribution in [0.3, 0.4) is 0 Å². The zero-order valence-electron chi connectivity index (χ0n) is 13.1. The van der Waals surface area contributed by atoms with Crippen molar-refractivity contribution in [3.63, 3.8) is 0 Å². The van der Waals surface area contributed by atoms with Gasteiger partial charge in [-0.2, -0.15) is 0 Å². The molecule has 0 spiro atoms. The first kappa shape index (κ1) is 15.7. The van der Waals surface area contributed by atoms with Crippen LogP contribution >= 0.6 is 11.6 Å². The van der Waals surface area contributed by atoms with Crippen LogP contribution in [-0.2, 0) is 4.79 Å². The van der Waals surface area contributed by atoms with Crippen LogP contribution < -0.4 is 14.4 Å². The molecule has 1 aliphatic rings. The first-order chi connectivity index (χ1) is 11.1. The van der Waals surface area contributed by atoms with E-state index in [9.17, 15) is 4.79 Å². The number of rotatable bonds is 3. The zero-order chi connectivity index (χ0) is 16.4. The number of benzene rings is 2. The summed E-state index contributed by atoms with van der Waals surface area (Å²) in [5.41, 5.74) is 1.69. The summed E-state index contributed by atoms with van der Waals surface area (Å²) in [5, 5.41) is 0.649. The van der Waals surface area contributed by atoms with E-state index in [1.165, 1.54) is 0 Å². The number of carbonyl (C=O) groups is 1. The van der Waals surface area contributed by atoms with E-state index in [-0.39, 0.29) is 5.91 Å². The molecule has 2 aromatic carbocycles. The Kier molecular flexibility index (Phi) is 4.44. The van der Waals surface area contributed by atoms with E-state index in [0.29, 0.717) is 23.9 Å². The summed E-state index contributed by atoms with van der Waals surface area (Å²) in [6.45, 7) is 4.66. The van der Waals surface area contributed by atoms with Crippen molar-refractivity contribution >= 4 is 23.2 Å². The van der Waals surface area contributed by atoms with E-state index in [2.05, 4.69) is 0 Å². The van der Waals surface area contributed by atoms with Gasteiger partial charge in [-0.25, -0.2) is 0 Å². The molecular formula is C18H18ClNO3. The van der Waals surface area contributed by atoms with Crippen LogP contribution in [0.1, 0.15) is 12.5 Å². The van der Waals surface area contributed by atoms with E-state index in [1.807, 2.05) is 37.3 Å². The van der Waals surface area contributed by atoms with E-state index in [1.54, 1.807) is 24.0 Å². The molecule has 0 aliphatic carbocycles. The standard InChI is InChI=1S/C18H18ClNO3/c1-12-11-14(19)7-8-16(12)23-13(2)18(21)20-9-10-22-17-6-4-3-5-15(17)20/h3-8,11,13H,9-10H2,1-2H3. The first-order valence-electron chi connectivity index (χ1n) is 7.52. The highest BCUT2D eigenvalue weighted by molar-refractivity contribution is 6.30. The average molecular weight is 332 g/mol. The number of para-hydroxylation sites is 2. The Hall–Kier alpha value is -2.20. The molecule has 0 bridgehead atoms. The highest BCUT2D eigenvalue weighted by Crippen LogP contribution is 2.32. The van der Waals surface area contributed by atoms with Crippen molar-refractivity contribution in [1.29, 1.82) is 0 Å². The molecule has 5 heteroatoms.